The fourth-order valence-corrected chi connectivity index (χ4v) is 2.27. The summed E-state index contributed by atoms with van der Waals surface area (Å²) < 4.78 is 5.45. The van der Waals surface area contributed by atoms with Crippen LogP contribution in [-0.4, -0.2) is 22.2 Å². The number of thioether (sulfide) groups is 1. The Hall–Kier alpha value is -1.73. The highest BCUT2D eigenvalue weighted by Gasteiger charge is 2.19. The third-order valence-electron chi connectivity index (χ3n) is 2.22. The van der Waals surface area contributed by atoms with E-state index < -0.39 is 17.2 Å². The number of fused-ring (bicyclic) bond motifs is 1. The lowest BCUT2D eigenvalue weighted by Gasteiger charge is -2.06. The zero-order valence-corrected chi connectivity index (χ0v) is 11.4. The molecule has 1 aromatic heterocycles. The van der Waals surface area contributed by atoms with Gasteiger partial charge in [-0.3, -0.25) is 10.1 Å². The Kier molecular flexibility index (Phi) is 3.96. The summed E-state index contributed by atoms with van der Waals surface area (Å²) in [6, 6.07) is 4.17. The van der Waals surface area contributed by atoms with Gasteiger partial charge in [-0.15, -0.1) is 0 Å². The van der Waals surface area contributed by atoms with Crippen molar-refractivity contribution in [1.82, 2.24) is 10.3 Å². The third-order valence-corrected chi connectivity index (χ3v) is 3.40. The van der Waals surface area contributed by atoms with E-state index in [1.54, 1.807) is 25.1 Å². The average molecular weight is 300 g/mol. The Bertz CT molecular complexity index is 643. The van der Waals surface area contributed by atoms with Crippen LogP contribution >= 0.6 is 23.4 Å². The summed E-state index contributed by atoms with van der Waals surface area (Å²) in [7, 11) is 0. The predicted octanol–water partition coefficient (Wildman–Crippen LogP) is 2.16. The molecule has 2 rings (SSSR count). The first kappa shape index (κ1) is 13.7. The van der Waals surface area contributed by atoms with Gasteiger partial charge >= 0.3 is 6.03 Å². The van der Waals surface area contributed by atoms with Crippen LogP contribution < -0.4 is 11.1 Å². The molecule has 0 unspecified atom stereocenters. The maximum absolute atomic E-state index is 11.5. The number of carbonyl (C=O) groups is 2. The van der Waals surface area contributed by atoms with Gasteiger partial charge in [0.15, 0.2) is 5.58 Å². The predicted molar refractivity (Wildman–Crippen MR) is 72.1 cm³/mol. The van der Waals surface area contributed by atoms with E-state index in [1.807, 2.05) is 5.32 Å². The fraction of sp³-hybridized carbons (Fsp3) is 0.182. The Morgan fingerprint density at radius 2 is 2.26 bits per heavy atom. The van der Waals surface area contributed by atoms with Crippen LogP contribution in [0.1, 0.15) is 6.92 Å². The minimum absolute atomic E-state index is 0.324. The van der Waals surface area contributed by atoms with Crippen LogP contribution in [0.5, 0.6) is 0 Å². The number of rotatable bonds is 3. The van der Waals surface area contributed by atoms with Gasteiger partial charge in [-0.1, -0.05) is 23.4 Å². The first-order valence-corrected chi connectivity index (χ1v) is 6.54. The zero-order valence-electron chi connectivity index (χ0n) is 9.84. The second-order valence-corrected chi connectivity index (χ2v) is 5.43. The number of imide groups is 1. The van der Waals surface area contributed by atoms with Gasteiger partial charge in [0.1, 0.15) is 5.52 Å². The molecule has 0 saturated heterocycles. The number of amides is 3. The van der Waals surface area contributed by atoms with Gasteiger partial charge in [0.2, 0.25) is 5.91 Å². The molecule has 100 valence electrons. The highest BCUT2D eigenvalue weighted by Crippen LogP contribution is 2.28. The van der Waals surface area contributed by atoms with E-state index in [1.165, 1.54) is 0 Å². The summed E-state index contributed by atoms with van der Waals surface area (Å²) in [5, 5.41) is 2.30. The lowest BCUT2D eigenvalue weighted by molar-refractivity contribution is -0.119. The molecule has 0 aliphatic heterocycles. The molecule has 19 heavy (non-hydrogen) atoms. The summed E-state index contributed by atoms with van der Waals surface area (Å²) in [6.07, 6.45) is 0. The Morgan fingerprint density at radius 3 is 2.95 bits per heavy atom. The summed E-state index contributed by atoms with van der Waals surface area (Å²) >= 11 is 6.92. The van der Waals surface area contributed by atoms with Crippen LogP contribution in [0.2, 0.25) is 5.02 Å². The molecule has 3 amide bonds. The molecule has 0 aliphatic rings. The number of nitrogens with one attached hydrogen (secondary N) is 1. The van der Waals surface area contributed by atoms with Crippen LogP contribution in [0, 0.1) is 0 Å². The van der Waals surface area contributed by atoms with Crippen molar-refractivity contribution in [2.24, 2.45) is 5.73 Å². The van der Waals surface area contributed by atoms with Crippen LogP contribution in [0.15, 0.2) is 27.8 Å². The second-order valence-electron chi connectivity index (χ2n) is 3.71. The Labute approximate surface area is 117 Å². The summed E-state index contributed by atoms with van der Waals surface area (Å²) in [6.45, 7) is 1.62. The van der Waals surface area contributed by atoms with Crippen molar-refractivity contribution in [3.8, 4) is 0 Å². The maximum Gasteiger partial charge on any atom is 0.318 e. The van der Waals surface area contributed by atoms with Crippen LogP contribution in [0.3, 0.4) is 0 Å². The average Bonchev–Trinajstić information content (AvgIpc) is 2.69. The van der Waals surface area contributed by atoms with Crippen molar-refractivity contribution in [3.63, 3.8) is 0 Å². The van der Waals surface area contributed by atoms with Crippen molar-refractivity contribution in [2.75, 3.05) is 0 Å². The van der Waals surface area contributed by atoms with E-state index in [2.05, 4.69) is 4.98 Å². The number of nitrogens with zero attached hydrogens (tertiary/aromatic N) is 1. The molecular weight excluding hydrogens is 290 g/mol. The van der Waals surface area contributed by atoms with Gasteiger partial charge in [0.25, 0.3) is 5.22 Å². The SMILES string of the molecule is C[C@H](Sc1nc2ccc(Cl)cc2o1)C(=O)NC(N)=O. The lowest BCUT2D eigenvalue weighted by atomic mass is 10.3. The largest absolute Gasteiger partial charge is 0.431 e. The molecule has 0 bridgehead atoms. The summed E-state index contributed by atoms with van der Waals surface area (Å²) in [4.78, 5) is 26.3. The highest BCUT2D eigenvalue weighted by molar-refractivity contribution is 8.00. The number of hydrogen-bond donors (Lipinski definition) is 2. The number of hydrogen-bond acceptors (Lipinski definition) is 5. The summed E-state index contributed by atoms with van der Waals surface area (Å²) in [5.74, 6) is -0.502. The second kappa shape index (κ2) is 5.50. The molecule has 1 heterocycles. The molecule has 8 heteroatoms. The number of carbonyl (C=O) groups excluding carboxylic acids is 2. The van der Waals surface area contributed by atoms with Crippen LogP contribution in [-0.2, 0) is 4.79 Å². The molecule has 3 N–H and O–H groups in total. The molecule has 2 aromatic rings. The number of oxazole rings is 1. The third kappa shape index (κ3) is 3.39. The minimum atomic E-state index is -0.887. The molecule has 0 fully saturated rings. The first-order chi connectivity index (χ1) is 8.95. The van der Waals surface area contributed by atoms with E-state index in [9.17, 15) is 9.59 Å². The molecule has 1 atom stereocenters. The van der Waals surface area contributed by atoms with Gasteiger partial charge < -0.3 is 10.2 Å². The van der Waals surface area contributed by atoms with E-state index >= 15 is 0 Å². The van der Waals surface area contributed by atoms with Crippen molar-refractivity contribution in [2.45, 2.75) is 17.4 Å². The molecule has 0 aliphatic carbocycles. The van der Waals surface area contributed by atoms with Crippen molar-refractivity contribution in [3.05, 3.63) is 23.2 Å². The maximum atomic E-state index is 11.5. The Morgan fingerprint density at radius 1 is 1.53 bits per heavy atom. The molecule has 6 nitrogen and oxygen atoms in total. The van der Waals surface area contributed by atoms with Gasteiger partial charge in [0.05, 0.1) is 5.25 Å². The van der Waals surface area contributed by atoms with E-state index in [4.69, 9.17) is 21.8 Å². The highest BCUT2D eigenvalue weighted by atomic mass is 35.5. The quantitative estimate of drug-likeness (QED) is 0.846. The number of primary amides is 1. The lowest BCUT2D eigenvalue weighted by Crippen LogP contribution is -2.39. The number of aromatic nitrogens is 1. The van der Waals surface area contributed by atoms with Crippen molar-refractivity contribution >= 4 is 46.4 Å². The standard InChI is InChI=1S/C11H10ClN3O3S/c1-5(9(16)15-10(13)17)19-11-14-7-3-2-6(12)4-8(7)18-11/h2-5H,1H3,(H3,13,15,16,17)/t5-/m0/s1. The zero-order chi connectivity index (χ0) is 14.0. The molecule has 1 aromatic carbocycles. The topological polar surface area (TPSA) is 98.2 Å². The normalized spacial score (nSPS) is 12.3. The van der Waals surface area contributed by atoms with Gasteiger partial charge in [-0.25, -0.2) is 9.78 Å². The fourth-order valence-electron chi connectivity index (χ4n) is 1.36. The van der Waals surface area contributed by atoms with E-state index in [0.29, 0.717) is 21.3 Å². The molecular formula is C11H10ClN3O3S. The minimum Gasteiger partial charge on any atom is -0.431 e. The van der Waals surface area contributed by atoms with Gasteiger partial charge in [0, 0.05) is 11.1 Å². The van der Waals surface area contributed by atoms with E-state index in [0.717, 1.165) is 11.8 Å². The molecule has 0 radical (unpaired) electrons. The summed E-state index contributed by atoms with van der Waals surface area (Å²) in [5.41, 5.74) is 6.06. The van der Waals surface area contributed by atoms with Gasteiger partial charge in [-0.2, -0.15) is 0 Å². The van der Waals surface area contributed by atoms with Crippen LogP contribution in [0.4, 0.5) is 4.79 Å². The van der Waals surface area contributed by atoms with Crippen LogP contribution in [0.25, 0.3) is 11.1 Å². The first-order valence-electron chi connectivity index (χ1n) is 5.29. The van der Waals surface area contributed by atoms with E-state index in [-0.39, 0.29) is 0 Å². The van der Waals surface area contributed by atoms with Crippen molar-refractivity contribution in [1.29, 1.82) is 0 Å². The monoisotopic (exact) mass is 299 g/mol. The van der Waals surface area contributed by atoms with Gasteiger partial charge in [-0.05, 0) is 19.1 Å². The number of benzene rings is 1. The smallest absolute Gasteiger partial charge is 0.318 e. The van der Waals surface area contributed by atoms with Crippen molar-refractivity contribution < 1.29 is 14.0 Å². The number of nitrogens with two attached hydrogens (primary N) is 1. The Balaban J connectivity index is 2.12. The molecule has 0 spiro atoms. The number of urea groups is 1. The number of halogens is 1. The molecule has 0 saturated carbocycles.